The molecule has 1 aromatic carbocycles. The average molecular weight is 272 g/mol. The number of aryl methyl sites for hydroxylation is 1. The number of aromatic nitrogens is 1. The lowest BCUT2D eigenvalue weighted by Crippen LogP contribution is -2.03. The van der Waals surface area contributed by atoms with Gasteiger partial charge in [-0.05, 0) is 37.6 Å². The molecule has 0 saturated carbocycles. The molecule has 0 unspecified atom stereocenters. The van der Waals surface area contributed by atoms with Crippen molar-refractivity contribution in [2.75, 3.05) is 13.7 Å². The van der Waals surface area contributed by atoms with Gasteiger partial charge in [0.05, 0.1) is 12.8 Å². The Hall–Kier alpha value is -2.07. The summed E-state index contributed by atoms with van der Waals surface area (Å²) in [5, 5.41) is 0. The fourth-order valence-electron chi connectivity index (χ4n) is 2.01. The van der Waals surface area contributed by atoms with E-state index in [0.717, 1.165) is 29.3 Å². The molecule has 0 bridgehead atoms. The van der Waals surface area contributed by atoms with Crippen molar-refractivity contribution in [2.24, 2.45) is 5.73 Å². The molecule has 0 aliphatic carbocycles. The van der Waals surface area contributed by atoms with Gasteiger partial charge in [-0.1, -0.05) is 12.1 Å². The normalized spacial score (nSPS) is 10.3. The van der Waals surface area contributed by atoms with E-state index in [1.807, 2.05) is 43.3 Å². The fraction of sp³-hybridized carbons (Fsp3) is 0.312. The number of pyridine rings is 1. The zero-order valence-corrected chi connectivity index (χ0v) is 11.9. The number of nitrogens with two attached hydrogens (primary N) is 1. The molecule has 0 radical (unpaired) electrons. The van der Waals surface area contributed by atoms with Crippen LogP contribution >= 0.6 is 0 Å². The fourth-order valence-corrected chi connectivity index (χ4v) is 2.01. The van der Waals surface area contributed by atoms with E-state index in [-0.39, 0.29) is 0 Å². The summed E-state index contributed by atoms with van der Waals surface area (Å²) in [6, 6.07) is 11.8. The van der Waals surface area contributed by atoms with E-state index >= 15 is 0 Å². The molecule has 0 aliphatic rings. The Kier molecular flexibility index (Phi) is 4.96. The van der Waals surface area contributed by atoms with Crippen LogP contribution in [0.2, 0.25) is 0 Å². The highest BCUT2D eigenvalue weighted by Crippen LogP contribution is 2.17. The molecule has 0 spiro atoms. The highest BCUT2D eigenvalue weighted by molar-refractivity contribution is 5.30. The van der Waals surface area contributed by atoms with Crippen LogP contribution in [0.15, 0.2) is 36.4 Å². The topological polar surface area (TPSA) is 57.4 Å². The van der Waals surface area contributed by atoms with Crippen LogP contribution in [0.3, 0.4) is 0 Å². The van der Waals surface area contributed by atoms with E-state index in [0.29, 0.717) is 13.2 Å². The number of hydrogen-bond acceptors (Lipinski definition) is 4. The van der Waals surface area contributed by atoms with Crippen molar-refractivity contribution in [3.63, 3.8) is 0 Å². The Balaban J connectivity index is 2.04. The summed E-state index contributed by atoms with van der Waals surface area (Å²) in [4.78, 5) is 4.43. The zero-order valence-electron chi connectivity index (χ0n) is 11.9. The van der Waals surface area contributed by atoms with Gasteiger partial charge in [0, 0.05) is 17.8 Å². The van der Waals surface area contributed by atoms with Crippen LogP contribution in [-0.2, 0) is 13.0 Å². The summed E-state index contributed by atoms with van der Waals surface area (Å²) >= 11 is 0. The van der Waals surface area contributed by atoms with Crippen LogP contribution < -0.4 is 15.2 Å². The van der Waals surface area contributed by atoms with Crippen LogP contribution in [0.25, 0.3) is 0 Å². The third-order valence-corrected chi connectivity index (χ3v) is 2.93. The maximum absolute atomic E-state index is 5.77. The van der Waals surface area contributed by atoms with Gasteiger partial charge in [0.2, 0.25) is 0 Å². The van der Waals surface area contributed by atoms with Gasteiger partial charge in [-0.25, -0.2) is 0 Å². The highest BCUT2D eigenvalue weighted by atomic mass is 16.5. The van der Waals surface area contributed by atoms with Crippen molar-refractivity contribution in [1.82, 2.24) is 4.98 Å². The second-order valence-corrected chi connectivity index (χ2v) is 4.61. The summed E-state index contributed by atoms with van der Waals surface area (Å²) in [7, 11) is 1.65. The SMILES string of the molecule is COc1cc(C)nc(COc2cccc(CCN)c2)c1. The lowest BCUT2D eigenvalue weighted by atomic mass is 10.1. The molecule has 2 aromatic rings. The highest BCUT2D eigenvalue weighted by Gasteiger charge is 2.02. The second kappa shape index (κ2) is 6.91. The van der Waals surface area contributed by atoms with Crippen LogP contribution in [0.1, 0.15) is 17.0 Å². The van der Waals surface area contributed by atoms with Crippen LogP contribution in [0, 0.1) is 6.92 Å². The van der Waals surface area contributed by atoms with E-state index in [1.165, 1.54) is 5.56 Å². The minimum atomic E-state index is 0.421. The largest absolute Gasteiger partial charge is 0.497 e. The van der Waals surface area contributed by atoms with E-state index in [9.17, 15) is 0 Å². The lowest BCUT2D eigenvalue weighted by molar-refractivity contribution is 0.299. The third-order valence-electron chi connectivity index (χ3n) is 2.93. The smallest absolute Gasteiger partial charge is 0.130 e. The minimum Gasteiger partial charge on any atom is -0.497 e. The molecule has 1 aromatic heterocycles. The number of benzene rings is 1. The van der Waals surface area contributed by atoms with Gasteiger partial charge in [0.25, 0.3) is 0 Å². The second-order valence-electron chi connectivity index (χ2n) is 4.61. The van der Waals surface area contributed by atoms with Crippen LogP contribution in [0.5, 0.6) is 11.5 Å². The number of ether oxygens (including phenoxy) is 2. The average Bonchev–Trinajstić information content (AvgIpc) is 2.45. The maximum atomic E-state index is 5.77. The predicted molar refractivity (Wildman–Crippen MR) is 79.1 cm³/mol. The molecule has 1 heterocycles. The Morgan fingerprint density at radius 2 is 2.00 bits per heavy atom. The number of methoxy groups -OCH3 is 1. The maximum Gasteiger partial charge on any atom is 0.130 e. The predicted octanol–water partition coefficient (Wildman–Crippen LogP) is 2.48. The number of hydrogen-bond donors (Lipinski definition) is 1. The summed E-state index contributed by atoms with van der Waals surface area (Å²) in [6.07, 6.45) is 0.855. The first kappa shape index (κ1) is 14.3. The molecule has 106 valence electrons. The Labute approximate surface area is 119 Å². The molecule has 2 N–H and O–H groups in total. The molecule has 0 amide bonds. The van der Waals surface area contributed by atoms with Crippen molar-refractivity contribution in [3.05, 3.63) is 53.3 Å². The third kappa shape index (κ3) is 3.96. The number of rotatable bonds is 6. The molecule has 20 heavy (non-hydrogen) atoms. The Morgan fingerprint density at radius 1 is 1.15 bits per heavy atom. The van der Waals surface area contributed by atoms with Gasteiger partial charge >= 0.3 is 0 Å². The first-order valence-electron chi connectivity index (χ1n) is 6.64. The summed E-state index contributed by atoms with van der Waals surface area (Å²) in [5.74, 6) is 1.63. The summed E-state index contributed by atoms with van der Waals surface area (Å²) < 4.78 is 11.0. The lowest BCUT2D eigenvalue weighted by Gasteiger charge is -2.09. The Bertz CT molecular complexity index is 570. The van der Waals surface area contributed by atoms with Crippen molar-refractivity contribution in [2.45, 2.75) is 20.0 Å². The van der Waals surface area contributed by atoms with E-state index in [1.54, 1.807) is 7.11 Å². The molecule has 2 rings (SSSR count). The van der Waals surface area contributed by atoms with Gasteiger partial charge in [-0.2, -0.15) is 0 Å². The summed E-state index contributed by atoms with van der Waals surface area (Å²) in [6.45, 7) is 3.00. The van der Waals surface area contributed by atoms with Crippen molar-refractivity contribution in [3.8, 4) is 11.5 Å². The molecular formula is C16H20N2O2. The van der Waals surface area contributed by atoms with Gasteiger partial charge in [-0.15, -0.1) is 0 Å². The first-order valence-corrected chi connectivity index (χ1v) is 6.64. The van der Waals surface area contributed by atoms with Crippen LogP contribution in [0.4, 0.5) is 0 Å². The van der Waals surface area contributed by atoms with Gasteiger partial charge in [0.1, 0.15) is 18.1 Å². The van der Waals surface area contributed by atoms with Crippen molar-refractivity contribution >= 4 is 0 Å². The molecule has 0 fully saturated rings. The molecule has 0 saturated heterocycles. The molecule has 4 nitrogen and oxygen atoms in total. The quantitative estimate of drug-likeness (QED) is 0.877. The van der Waals surface area contributed by atoms with Gasteiger partial charge in [-0.3, -0.25) is 4.98 Å². The standard InChI is InChI=1S/C16H20N2O2/c1-12-8-16(19-2)10-14(18-12)11-20-15-5-3-4-13(9-15)6-7-17/h3-5,8-10H,6-7,11,17H2,1-2H3. The monoisotopic (exact) mass is 272 g/mol. The van der Waals surface area contributed by atoms with Crippen molar-refractivity contribution < 1.29 is 9.47 Å². The van der Waals surface area contributed by atoms with E-state index in [2.05, 4.69) is 4.98 Å². The zero-order chi connectivity index (χ0) is 14.4. The van der Waals surface area contributed by atoms with E-state index in [4.69, 9.17) is 15.2 Å². The molecule has 0 aliphatic heterocycles. The van der Waals surface area contributed by atoms with Crippen molar-refractivity contribution in [1.29, 1.82) is 0 Å². The summed E-state index contributed by atoms with van der Waals surface area (Å²) in [5.41, 5.74) is 8.51. The van der Waals surface area contributed by atoms with Gasteiger partial charge < -0.3 is 15.2 Å². The van der Waals surface area contributed by atoms with Gasteiger partial charge in [0.15, 0.2) is 0 Å². The molecule has 0 atom stereocenters. The van der Waals surface area contributed by atoms with Crippen LogP contribution in [-0.4, -0.2) is 18.6 Å². The van der Waals surface area contributed by atoms with E-state index < -0.39 is 0 Å². The first-order chi connectivity index (χ1) is 9.71. The minimum absolute atomic E-state index is 0.421. The molecular weight excluding hydrogens is 252 g/mol. The molecule has 4 heteroatoms. The number of nitrogens with zero attached hydrogens (tertiary/aromatic N) is 1. The Morgan fingerprint density at radius 3 is 2.75 bits per heavy atom.